The van der Waals surface area contributed by atoms with Crippen LogP contribution in [0.3, 0.4) is 0 Å². The molecule has 26 heavy (non-hydrogen) atoms. The highest BCUT2D eigenvalue weighted by Crippen LogP contribution is 2.22. The van der Waals surface area contributed by atoms with Crippen LogP contribution in [-0.2, 0) is 35.3 Å². The number of ketones is 1. The number of unbranched alkanes of at least 4 members (excludes halogenated alkanes) is 1. The Morgan fingerprint density at radius 2 is 1.77 bits per heavy atom. The van der Waals surface area contributed by atoms with Gasteiger partial charge in [0.1, 0.15) is 11.5 Å². The van der Waals surface area contributed by atoms with E-state index in [1.54, 1.807) is 0 Å². The van der Waals surface area contributed by atoms with Gasteiger partial charge in [-0.15, -0.1) is 11.6 Å². The summed E-state index contributed by atoms with van der Waals surface area (Å²) in [4.78, 5) is 21.6. The Morgan fingerprint density at radius 1 is 1.19 bits per heavy atom. The summed E-state index contributed by atoms with van der Waals surface area (Å²) in [5.41, 5.74) is 0. The molecular formula is C15H25ClF2O6S2. The molecule has 0 atom stereocenters. The second kappa shape index (κ2) is 12.9. The molecule has 1 saturated heterocycles. The van der Waals surface area contributed by atoms with Gasteiger partial charge in [-0.3, -0.25) is 4.79 Å². The van der Waals surface area contributed by atoms with E-state index in [1.807, 2.05) is 6.92 Å². The van der Waals surface area contributed by atoms with Crippen LogP contribution in [0.2, 0.25) is 0 Å². The zero-order chi connectivity index (χ0) is 20.2. The van der Waals surface area contributed by atoms with E-state index in [2.05, 4.69) is 4.74 Å². The van der Waals surface area contributed by atoms with Crippen LogP contribution in [0.4, 0.5) is 8.78 Å². The molecule has 0 radical (unpaired) electrons. The third-order valence-electron chi connectivity index (χ3n) is 3.44. The minimum absolute atomic E-state index is 0.213. The summed E-state index contributed by atoms with van der Waals surface area (Å²) in [6.07, 6.45) is 5.49. The largest absolute Gasteiger partial charge is 0.743 e. The predicted octanol–water partition coefficient (Wildman–Crippen LogP) is 2.45. The first-order valence-electron chi connectivity index (χ1n) is 8.28. The lowest BCUT2D eigenvalue weighted by Crippen LogP contribution is -2.39. The Bertz CT molecular complexity index is 536. The van der Waals surface area contributed by atoms with Gasteiger partial charge in [-0.1, -0.05) is 6.92 Å². The standard InChI is InChI=1S/C9H17OS.C6H9ClF2O5S/c1-2-9(10)8-11-6-4-3-5-7-11;7-3-1-2-4-14-5(10)6(8,9)15(11,12)13/h2-8H2,1H3;1-4H2,(H,11,12,13)/q+1;/p-1. The van der Waals surface area contributed by atoms with Crippen molar-refractivity contribution in [3.05, 3.63) is 0 Å². The summed E-state index contributed by atoms with van der Waals surface area (Å²) in [6, 6.07) is 0. The van der Waals surface area contributed by atoms with Crippen molar-refractivity contribution >= 4 is 44.4 Å². The molecule has 1 aliphatic heterocycles. The lowest BCUT2D eigenvalue weighted by atomic mass is 10.3. The minimum atomic E-state index is -6.03. The lowest BCUT2D eigenvalue weighted by Gasteiger charge is -2.17. The fraction of sp³-hybridized carbons (Fsp3) is 0.867. The third kappa shape index (κ3) is 10.0. The molecule has 1 aliphatic rings. The quantitative estimate of drug-likeness (QED) is 0.180. The Kier molecular flexibility index (Phi) is 12.6. The van der Waals surface area contributed by atoms with Gasteiger partial charge in [0.15, 0.2) is 21.7 Å². The second-order valence-electron chi connectivity index (χ2n) is 5.62. The normalized spacial score (nSPS) is 15.7. The van der Waals surface area contributed by atoms with Gasteiger partial charge in [-0.25, -0.2) is 13.2 Å². The number of alkyl halides is 3. The zero-order valence-corrected chi connectivity index (χ0v) is 17.1. The third-order valence-corrected chi connectivity index (χ3v) is 6.96. The van der Waals surface area contributed by atoms with Crippen molar-refractivity contribution in [1.82, 2.24) is 0 Å². The van der Waals surface area contributed by atoms with Gasteiger partial charge in [0.2, 0.25) is 0 Å². The van der Waals surface area contributed by atoms with Crippen LogP contribution in [0, 0.1) is 0 Å². The van der Waals surface area contributed by atoms with Gasteiger partial charge in [0.05, 0.1) is 6.61 Å². The molecule has 154 valence electrons. The van der Waals surface area contributed by atoms with Crippen molar-refractivity contribution < 1.29 is 36.1 Å². The van der Waals surface area contributed by atoms with Gasteiger partial charge in [-0.05, 0) is 43.0 Å². The maximum atomic E-state index is 12.4. The van der Waals surface area contributed by atoms with Gasteiger partial charge >= 0.3 is 11.2 Å². The van der Waals surface area contributed by atoms with E-state index >= 15 is 0 Å². The number of rotatable bonds is 9. The molecule has 0 aromatic carbocycles. The highest BCUT2D eigenvalue weighted by Gasteiger charge is 2.48. The number of halogens is 3. The summed E-state index contributed by atoms with van der Waals surface area (Å²) >= 11 is 5.24. The Balaban J connectivity index is 0.000000502. The van der Waals surface area contributed by atoms with Crippen molar-refractivity contribution in [1.29, 1.82) is 0 Å². The van der Waals surface area contributed by atoms with E-state index in [4.69, 9.17) is 11.6 Å². The molecular weight excluding hydrogens is 414 g/mol. The van der Waals surface area contributed by atoms with Gasteiger partial charge in [0.25, 0.3) is 0 Å². The SMILES string of the molecule is CCC(=O)C[S+]1CCCCC1.O=C(OCCCCCl)C(F)(F)S(=O)(=O)[O-]. The molecule has 0 unspecified atom stereocenters. The predicted molar refractivity (Wildman–Crippen MR) is 96.7 cm³/mol. The first-order valence-corrected chi connectivity index (χ1v) is 12.0. The lowest BCUT2D eigenvalue weighted by molar-refractivity contribution is -0.161. The summed E-state index contributed by atoms with van der Waals surface area (Å²) in [5, 5.41) is -5.03. The molecule has 0 aliphatic carbocycles. The Hall–Kier alpha value is -0.450. The average Bonchev–Trinajstić information content (AvgIpc) is 2.58. The fourth-order valence-corrected chi connectivity index (χ4v) is 4.74. The number of hydrogen-bond donors (Lipinski definition) is 0. The van der Waals surface area contributed by atoms with Crippen LogP contribution in [0.1, 0.15) is 45.4 Å². The molecule has 1 rings (SSSR count). The summed E-state index contributed by atoms with van der Waals surface area (Å²) < 4.78 is 58.6. The summed E-state index contributed by atoms with van der Waals surface area (Å²) in [6.45, 7) is 1.56. The minimum Gasteiger partial charge on any atom is -0.743 e. The number of hydrogen-bond acceptors (Lipinski definition) is 6. The van der Waals surface area contributed by atoms with Crippen molar-refractivity contribution in [3.63, 3.8) is 0 Å². The molecule has 0 spiro atoms. The molecule has 11 heteroatoms. The Labute approximate surface area is 161 Å². The summed E-state index contributed by atoms with van der Waals surface area (Å²) in [7, 11) is -5.55. The number of carbonyl (C=O) groups excluding carboxylic acids is 2. The number of ether oxygens (including phenoxy) is 1. The maximum absolute atomic E-state index is 12.4. The second-order valence-corrected chi connectivity index (χ2v) is 9.75. The smallest absolute Gasteiger partial charge is 0.428 e. The number of carbonyl (C=O) groups is 2. The van der Waals surface area contributed by atoms with Gasteiger partial charge in [0, 0.05) is 12.3 Å². The van der Waals surface area contributed by atoms with Crippen molar-refractivity contribution in [2.24, 2.45) is 0 Å². The summed E-state index contributed by atoms with van der Waals surface area (Å²) in [5.74, 6) is 1.91. The zero-order valence-electron chi connectivity index (χ0n) is 14.7. The average molecular weight is 439 g/mol. The monoisotopic (exact) mass is 438 g/mol. The van der Waals surface area contributed by atoms with Crippen LogP contribution in [0.15, 0.2) is 0 Å². The topological polar surface area (TPSA) is 101 Å². The van der Waals surface area contributed by atoms with Crippen molar-refractivity contribution in [3.8, 4) is 0 Å². The van der Waals surface area contributed by atoms with Crippen LogP contribution < -0.4 is 0 Å². The molecule has 6 nitrogen and oxygen atoms in total. The molecule has 0 aromatic heterocycles. The Morgan fingerprint density at radius 3 is 2.23 bits per heavy atom. The van der Waals surface area contributed by atoms with E-state index in [1.165, 1.54) is 30.8 Å². The molecule has 0 saturated carbocycles. The van der Waals surface area contributed by atoms with E-state index < -0.39 is 27.9 Å². The molecule has 1 fully saturated rings. The first-order chi connectivity index (χ1) is 12.1. The van der Waals surface area contributed by atoms with E-state index in [9.17, 15) is 31.3 Å². The fourth-order valence-electron chi connectivity index (χ4n) is 1.91. The van der Waals surface area contributed by atoms with Crippen LogP contribution in [0.5, 0.6) is 0 Å². The first kappa shape index (κ1) is 25.6. The van der Waals surface area contributed by atoms with E-state index in [0.717, 1.165) is 12.2 Å². The van der Waals surface area contributed by atoms with Crippen LogP contribution in [0.25, 0.3) is 0 Å². The molecule has 0 amide bonds. The van der Waals surface area contributed by atoms with Crippen LogP contribution in [-0.4, -0.2) is 59.7 Å². The molecule has 1 heterocycles. The highest BCUT2D eigenvalue weighted by molar-refractivity contribution is 7.97. The van der Waals surface area contributed by atoms with Gasteiger partial charge < -0.3 is 9.29 Å². The van der Waals surface area contributed by atoms with E-state index in [-0.39, 0.29) is 12.3 Å². The van der Waals surface area contributed by atoms with Crippen molar-refractivity contribution in [2.45, 2.75) is 50.7 Å². The van der Waals surface area contributed by atoms with Crippen LogP contribution >= 0.6 is 11.6 Å². The van der Waals surface area contributed by atoms with Crippen molar-refractivity contribution in [2.75, 3.05) is 29.7 Å². The number of Topliss-reactive ketones (excluding diaryl/α,β-unsaturated/α-hetero) is 1. The maximum Gasteiger partial charge on any atom is 0.428 e. The van der Waals surface area contributed by atoms with Gasteiger partial charge in [-0.2, -0.15) is 8.78 Å². The number of esters is 1. The molecule has 0 N–H and O–H groups in total. The highest BCUT2D eigenvalue weighted by atomic mass is 35.5. The molecule has 0 aromatic rings. The molecule has 0 bridgehead atoms. The van der Waals surface area contributed by atoms with E-state index in [0.29, 0.717) is 23.1 Å².